The zero-order valence-corrected chi connectivity index (χ0v) is 14.4. The highest BCUT2D eigenvalue weighted by Crippen LogP contribution is 2.65. The number of piperidine rings is 1. The van der Waals surface area contributed by atoms with Crippen LogP contribution in [-0.4, -0.2) is 17.9 Å². The zero-order valence-electron chi connectivity index (χ0n) is 14.4. The summed E-state index contributed by atoms with van der Waals surface area (Å²) in [6.07, 6.45) is 8.51. The lowest BCUT2D eigenvalue weighted by Gasteiger charge is -2.60. The van der Waals surface area contributed by atoms with Gasteiger partial charge in [0.05, 0.1) is 0 Å². The van der Waals surface area contributed by atoms with Crippen LogP contribution in [0.5, 0.6) is 0 Å². The zero-order chi connectivity index (χ0) is 16.4. The van der Waals surface area contributed by atoms with Crippen LogP contribution < -0.4 is 11.1 Å². The molecule has 4 aliphatic rings. The maximum atomic E-state index is 11.9. The molecule has 1 saturated heterocycles. The van der Waals surface area contributed by atoms with E-state index in [0.29, 0.717) is 30.2 Å². The minimum Gasteiger partial charge on any atom is -0.369 e. The van der Waals surface area contributed by atoms with E-state index < -0.39 is 0 Å². The predicted octanol–water partition coefficient (Wildman–Crippen LogP) is 2.61. The maximum Gasteiger partial charge on any atom is 0.221 e. The van der Waals surface area contributed by atoms with Crippen LogP contribution in [-0.2, 0) is 9.59 Å². The van der Waals surface area contributed by atoms with Gasteiger partial charge in [0.1, 0.15) is 0 Å². The van der Waals surface area contributed by atoms with Crippen molar-refractivity contribution < 1.29 is 9.59 Å². The van der Waals surface area contributed by atoms with Gasteiger partial charge in [-0.15, -0.1) is 0 Å². The molecule has 3 N–H and O–H groups in total. The molecule has 0 aromatic heterocycles. The molecule has 1 heterocycles. The standard InChI is InChI=1S/C19H30N2O2/c1-18-9-7-13-11(12(18)4-5-14(18)17(20)23)3-6-15-19(13,2)10-8-16(22)21-15/h11-15H,3-10H2,1-2H3,(H2,20,23)(H,21,22)/t11-,12-,13-,14+,15?,18-,19+/m0/s1. The molecule has 0 spiro atoms. The van der Waals surface area contributed by atoms with Crippen LogP contribution in [0, 0.1) is 34.5 Å². The first-order valence-corrected chi connectivity index (χ1v) is 9.45. The Labute approximate surface area is 138 Å². The Hall–Kier alpha value is -1.06. The van der Waals surface area contributed by atoms with E-state index in [2.05, 4.69) is 19.2 Å². The van der Waals surface area contributed by atoms with Gasteiger partial charge in [0.25, 0.3) is 0 Å². The molecule has 0 aromatic rings. The SMILES string of the molecule is C[C@]12CC[C@H]3[C@@H](CCC4NC(=O)CC[C@@]43C)[C@@H]1CC[C@@H]2C(N)=O. The summed E-state index contributed by atoms with van der Waals surface area (Å²) in [6, 6.07) is 0.364. The van der Waals surface area contributed by atoms with E-state index in [4.69, 9.17) is 5.73 Å². The average molecular weight is 318 g/mol. The third-order valence-corrected chi connectivity index (χ3v) is 8.44. The second-order valence-corrected chi connectivity index (χ2v) is 9.16. The first-order valence-electron chi connectivity index (χ1n) is 9.45. The topological polar surface area (TPSA) is 72.2 Å². The number of carbonyl (C=O) groups is 2. The number of nitrogens with two attached hydrogens (primary N) is 1. The molecular weight excluding hydrogens is 288 g/mol. The summed E-state index contributed by atoms with van der Waals surface area (Å²) in [4.78, 5) is 23.7. The van der Waals surface area contributed by atoms with Crippen molar-refractivity contribution in [1.82, 2.24) is 5.32 Å². The van der Waals surface area contributed by atoms with Gasteiger partial charge in [-0.3, -0.25) is 9.59 Å². The molecular formula is C19H30N2O2. The highest BCUT2D eigenvalue weighted by atomic mass is 16.2. The maximum absolute atomic E-state index is 11.9. The molecule has 3 aliphatic carbocycles. The second kappa shape index (κ2) is 4.97. The monoisotopic (exact) mass is 318 g/mol. The number of hydrogen-bond donors (Lipinski definition) is 2. The van der Waals surface area contributed by atoms with Crippen molar-refractivity contribution in [3.05, 3.63) is 0 Å². The van der Waals surface area contributed by atoms with E-state index in [9.17, 15) is 9.59 Å². The molecule has 4 nitrogen and oxygen atoms in total. The minimum atomic E-state index is -0.0849. The van der Waals surface area contributed by atoms with Crippen LogP contribution in [0.2, 0.25) is 0 Å². The van der Waals surface area contributed by atoms with Gasteiger partial charge in [0.2, 0.25) is 11.8 Å². The summed E-state index contributed by atoms with van der Waals surface area (Å²) in [5, 5.41) is 3.28. The molecule has 1 unspecified atom stereocenters. The third-order valence-electron chi connectivity index (χ3n) is 8.44. The van der Waals surface area contributed by atoms with Crippen molar-refractivity contribution in [1.29, 1.82) is 0 Å². The molecule has 4 fully saturated rings. The molecule has 3 saturated carbocycles. The van der Waals surface area contributed by atoms with Crippen molar-refractivity contribution in [3.8, 4) is 0 Å². The fraction of sp³-hybridized carbons (Fsp3) is 0.895. The molecule has 128 valence electrons. The van der Waals surface area contributed by atoms with E-state index in [1.807, 2.05) is 0 Å². The highest BCUT2D eigenvalue weighted by Gasteiger charge is 2.61. The Morgan fingerprint density at radius 3 is 2.52 bits per heavy atom. The van der Waals surface area contributed by atoms with Crippen LogP contribution >= 0.6 is 0 Å². The summed E-state index contributed by atoms with van der Waals surface area (Å²) < 4.78 is 0. The van der Waals surface area contributed by atoms with Gasteiger partial charge >= 0.3 is 0 Å². The van der Waals surface area contributed by atoms with E-state index in [1.165, 1.54) is 19.3 Å². The lowest BCUT2D eigenvalue weighted by molar-refractivity contribution is -0.140. The number of hydrogen-bond acceptors (Lipinski definition) is 2. The van der Waals surface area contributed by atoms with Gasteiger partial charge in [-0.2, -0.15) is 0 Å². The van der Waals surface area contributed by atoms with Gasteiger partial charge in [0, 0.05) is 18.4 Å². The molecule has 0 aromatic carbocycles. The van der Waals surface area contributed by atoms with Crippen molar-refractivity contribution in [2.24, 2.45) is 40.2 Å². The number of fused-ring (bicyclic) bond motifs is 5. The summed E-state index contributed by atoms with van der Waals surface area (Å²) in [5.41, 5.74) is 6.09. The number of primary amides is 1. The first-order chi connectivity index (χ1) is 10.9. The van der Waals surface area contributed by atoms with Gasteiger partial charge in [-0.25, -0.2) is 0 Å². The molecule has 4 heteroatoms. The van der Waals surface area contributed by atoms with Crippen LogP contribution in [0.3, 0.4) is 0 Å². The van der Waals surface area contributed by atoms with Crippen LogP contribution in [0.4, 0.5) is 0 Å². The lowest BCUT2D eigenvalue weighted by atomic mass is 9.47. The fourth-order valence-corrected chi connectivity index (χ4v) is 7.17. The molecule has 4 rings (SSSR count). The summed E-state index contributed by atoms with van der Waals surface area (Å²) >= 11 is 0. The molecule has 7 atom stereocenters. The third kappa shape index (κ3) is 2.02. The molecule has 1 aliphatic heterocycles. The summed E-state index contributed by atoms with van der Waals surface area (Å²) in [6.45, 7) is 4.74. The smallest absolute Gasteiger partial charge is 0.221 e. The van der Waals surface area contributed by atoms with E-state index in [1.54, 1.807) is 0 Å². The van der Waals surface area contributed by atoms with E-state index >= 15 is 0 Å². The van der Waals surface area contributed by atoms with Crippen molar-refractivity contribution >= 4 is 11.8 Å². The lowest BCUT2D eigenvalue weighted by Crippen LogP contribution is -2.61. The summed E-state index contributed by atoms with van der Waals surface area (Å²) in [7, 11) is 0. The first kappa shape index (κ1) is 15.5. The normalized spacial score (nSPS) is 52.1. The Kier molecular flexibility index (Phi) is 3.34. The Balaban J connectivity index is 1.63. The highest BCUT2D eigenvalue weighted by molar-refractivity contribution is 5.78. The van der Waals surface area contributed by atoms with Gasteiger partial charge in [-0.1, -0.05) is 13.8 Å². The van der Waals surface area contributed by atoms with E-state index in [0.717, 1.165) is 25.7 Å². The summed E-state index contributed by atoms with van der Waals surface area (Å²) in [5.74, 6) is 2.29. The molecule has 23 heavy (non-hydrogen) atoms. The quantitative estimate of drug-likeness (QED) is 0.780. The fourth-order valence-electron chi connectivity index (χ4n) is 7.17. The van der Waals surface area contributed by atoms with Crippen LogP contribution in [0.1, 0.15) is 65.2 Å². The van der Waals surface area contributed by atoms with E-state index in [-0.39, 0.29) is 28.6 Å². The Morgan fingerprint density at radius 1 is 1.04 bits per heavy atom. The predicted molar refractivity (Wildman–Crippen MR) is 88.2 cm³/mol. The van der Waals surface area contributed by atoms with Gasteiger partial charge in [-0.05, 0) is 73.5 Å². The molecule has 2 amide bonds. The largest absolute Gasteiger partial charge is 0.369 e. The Bertz CT molecular complexity index is 547. The van der Waals surface area contributed by atoms with Crippen molar-refractivity contribution in [2.45, 2.75) is 71.3 Å². The van der Waals surface area contributed by atoms with Crippen LogP contribution in [0.25, 0.3) is 0 Å². The molecule has 0 bridgehead atoms. The average Bonchev–Trinajstić information content (AvgIpc) is 2.85. The van der Waals surface area contributed by atoms with Crippen molar-refractivity contribution in [2.75, 3.05) is 0 Å². The Morgan fingerprint density at radius 2 is 1.78 bits per heavy atom. The number of carbonyl (C=O) groups excluding carboxylic acids is 2. The van der Waals surface area contributed by atoms with Gasteiger partial charge < -0.3 is 11.1 Å². The number of rotatable bonds is 1. The minimum absolute atomic E-state index is 0.0741. The second-order valence-electron chi connectivity index (χ2n) is 9.16. The number of nitrogens with one attached hydrogen (secondary N) is 1. The van der Waals surface area contributed by atoms with Gasteiger partial charge in [0.15, 0.2) is 0 Å². The van der Waals surface area contributed by atoms with Crippen molar-refractivity contribution in [3.63, 3.8) is 0 Å². The number of amides is 2. The van der Waals surface area contributed by atoms with Crippen LogP contribution in [0.15, 0.2) is 0 Å². The molecule has 0 radical (unpaired) electrons.